The zero-order valence-electron chi connectivity index (χ0n) is 18.3. The van der Waals surface area contributed by atoms with Gasteiger partial charge in [0.15, 0.2) is 6.10 Å². The summed E-state index contributed by atoms with van der Waals surface area (Å²) in [5.74, 6) is -2.59. The molecular formula is C23H18F5N5O2. The van der Waals surface area contributed by atoms with E-state index in [1.54, 1.807) is 24.7 Å². The summed E-state index contributed by atoms with van der Waals surface area (Å²) in [6.45, 7) is 1.67. The summed E-state index contributed by atoms with van der Waals surface area (Å²) < 4.78 is 69.0. The van der Waals surface area contributed by atoms with Crippen molar-refractivity contribution in [2.45, 2.75) is 19.2 Å². The maximum atomic E-state index is 15.0. The Hall–Kier alpha value is -4.06. The Labute approximate surface area is 195 Å². The molecule has 35 heavy (non-hydrogen) atoms. The summed E-state index contributed by atoms with van der Waals surface area (Å²) in [6.07, 6.45) is -5.38. The van der Waals surface area contributed by atoms with E-state index in [1.165, 1.54) is 12.1 Å². The third-order valence-corrected chi connectivity index (χ3v) is 5.29. The van der Waals surface area contributed by atoms with E-state index in [0.717, 1.165) is 6.07 Å². The Bertz CT molecular complexity index is 1470. The standard InChI is InChI=1S/C23H18F5N5O2/c1-10-30-20(29)18-16(9-33(2)21(18)31-10)15-4-3-14(8-17(15)25)32-22(35)19(34)11-5-12(23(26,27)28)7-13(24)6-11/h3-9,19,34H,1-2H3,(H,32,35)(H2,29,30,31). The lowest BCUT2D eigenvalue weighted by molar-refractivity contribution is -0.138. The Morgan fingerprint density at radius 2 is 1.83 bits per heavy atom. The number of aryl methyl sites for hydroxylation is 2. The molecule has 0 saturated heterocycles. The zero-order valence-corrected chi connectivity index (χ0v) is 18.3. The van der Waals surface area contributed by atoms with E-state index in [2.05, 4.69) is 15.3 Å². The second-order valence-electron chi connectivity index (χ2n) is 7.87. The maximum Gasteiger partial charge on any atom is 0.416 e. The summed E-state index contributed by atoms with van der Waals surface area (Å²) >= 11 is 0. The number of hydrogen-bond donors (Lipinski definition) is 3. The number of nitrogen functional groups attached to an aromatic ring is 1. The molecule has 0 radical (unpaired) electrons. The van der Waals surface area contributed by atoms with Gasteiger partial charge in [-0.15, -0.1) is 0 Å². The molecule has 4 aromatic rings. The van der Waals surface area contributed by atoms with E-state index in [9.17, 15) is 27.5 Å². The number of alkyl halides is 3. The highest BCUT2D eigenvalue weighted by atomic mass is 19.4. The van der Waals surface area contributed by atoms with Crippen molar-refractivity contribution in [3.8, 4) is 11.1 Å². The molecule has 0 fully saturated rings. The fourth-order valence-corrected chi connectivity index (χ4v) is 3.72. The number of carbonyl (C=O) groups excluding carboxylic acids is 1. The molecule has 12 heteroatoms. The van der Waals surface area contributed by atoms with Crippen LogP contribution in [0.4, 0.5) is 33.5 Å². The second kappa shape index (κ2) is 8.62. The fraction of sp³-hybridized carbons (Fsp3) is 0.174. The number of nitrogens with two attached hydrogens (primary N) is 1. The summed E-state index contributed by atoms with van der Waals surface area (Å²) in [5.41, 5.74) is 5.02. The maximum absolute atomic E-state index is 15.0. The number of benzene rings is 2. The van der Waals surface area contributed by atoms with E-state index in [1.807, 2.05) is 0 Å². The SMILES string of the molecule is Cc1nc(N)c2c(-c3ccc(NC(=O)C(O)c4cc(F)cc(C(F)(F)F)c4)cc3F)cn(C)c2n1. The topological polar surface area (TPSA) is 106 Å². The smallest absolute Gasteiger partial charge is 0.383 e. The van der Waals surface area contributed by atoms with Crippen LogP contribution in [-0.2, 0) is 18.0 Å². The molecule has 4 N–H and O–H groups in total. The van der Waals surface area contributed by atoms with Crippen LogP contribution in [0.1, 0.15) is 23.1 Å². The zero-order chi connectivity index (χ0) is 25.7. The second-order valence-corrected chi connectivity index (χ2v) is 7.87. The van der Waals surface area contributed by atoms with Gasteiger partial charge < -0.3 is 20.7 Å². The van der Waals surface area contributed by atoms with Gasteiger partial charge in [-0.1, -0.05) is 0 Å². The van der Waals surface area contributed by atoms with Gasteiger partial charge in [0.05, 0.1) is 10.9 Å². The first-order valence-electron chi connectivity index (χ1n) is 10.1. The van der Waals surface area contributed by atoms with Crippen LogP contribution >= 0.6 is 0 Å². The number of nitrogens with one attached hydrogen (secondary N) is 1. The number of aromatic nitrogens is 3. The van der Waals surface area contributed by atoms with Crippen molar-refractivity contribution in [2.24, 2.45) is 7.05 Å². The first kappa shape index (κ1) is 24.1. The Morgan fingerprint density at radius 1 is 1.11 bits per heavy atom. The molecule has 0 bridgehead atoms. The predicted molar refractivity (Wildman–Crippen MR) is 118 cm³/mol. The summed E-state index contributed by atoms with van der Waals surface area (Å²) in [6, 6.07) is 4.98. The van der Waals surface area contributed by atoms with Gasteiger partial charge in [0.2, 0.25) is 0 Å². The monoisotopic (exact) mass is 491 g/mol. The number of halogens is 5. The van der Waals surface area contributed by atoms with Crippen molar-refractivity contribution < 1.29 is 31.9 Å². The third-order valence-electron chi connectivity index (χ3n) is 5.29. The van der Waals surface area contributed by atoms with Crippen LogP contribution in [0, 0.1) is 18.6 Å². The summed E-state index contributed by atoms with van der Waals surface area (Å²) in [4.78, 5) is 20.8. The Balaban J connectivity index is 1.62. The molecule has 4 rings (SSSR count). The van der Waals surface area contributed by atoms with Gasteiger partial charge in [-0.3, -0.25) is 4.79 Å². The van der Waals surface area contributed by atoms with E-state index in [-0.39, 0.29) is 23.1 Å². The minimum absolute atomic E-state index is 0.0805. The molecule has 0 aliphatic rings. The Morgan fingerprint density at radius 3 is 2.49 bits per heavy atom. The van der Waals surface area contributed by atoms with Crippen molar-refractivity contribution in [3.05, 3.63) is 71.2 Å². The van der Waals surface area contributed by atoms with Crippen molar-refractivity contribution in [2.75, 3.05) is 11.1 Å². The number of rotatable bonds is 4. The molecule has 7 nitrogen and oxygen atoms in total. The fourth-order valence-electron chi connectivity index (χ4n) is 3.72. The van der Waals surface area contributed by atoms with Crippen molar-refractivity contribution in [1.82, 2.24) is 14.5 Å². The lowest BCUT2D eigenvalue weighted by Crippen LogP contribution is -2.21. The van der Waals surface area contributed by atoms with Crippen LogP contribution < -0.4 is 11.1 Å². The first-order chi connectivity index (χ1) is 16.3. The molecule has 0 aliphatic carbocycles. The average Bonchev–Trinajstić information content (AvgIpc) is 3.08. The summed E-state index contributed by atoms with van der Waals surface area (Å²) in [5, 5.41) is 12.8. The molecule has 0 saturated carbocycles. The number of hydrogen-bond acceptors (Lipinski definition) is 5. The van der Waals surface area contributed by atoms with Gasteiger partial charge in [0, 0.05) is 30.1 Å². The van der Waals surface area contributed by atoms with Gasteiger partial charge in [-0.05, 0) is 48.9 Å². The third kappa shape index (κ3) is 4.64. The lowest BCUT2D eigenvalue weighted by atomic mass is 10.0. The van der Waals surface area contributed by atoms with E-state index in [0.29, 0.717) is 34.6 Å². The quantitative estimate of drug-likeness (QED) is 0.365. The first-order valence-corrected chi connectivity index (χ1v) is 10.1. The number of anilines is 2. The van der Waals surface area contributed by atoms with Crippen molar-refractivity contribution >= 4 is 28.4 Å². The van der Waals surface area contributed by atoms with Gasteiger partial charge in [-0.25, -0.2) is 18.7 Å². The summed E-state index contributed by atoms with van der Waals surface area (Å²) in [7, 11) is 1.71. The molecule has 0 aliphatic heterocycles. The van der Waals surface area contributed by atoms with Gasteiger partial charge >= 0.3 is 6.18 Å². The molecule has 2 aromatic carbocycles. The van der Waals surface area contributed by atoms with Crippen LogP contribution in [0.2, 0.25) is 0 Å². The number of aliphatic hydroxyl groups is 1. The Kier molecular flexibility index (Phi) is 5.93. The highest BCUT2D eigenvalue weighted by molar-refractivity contribution is 6.01. The molecule has 2 heterocycles. The average molecular weight is 491 g/mol. The van der Waals surface area contributed by atoms with Gasteiger partial charge in [0.25, 0.3) is 5.91 Å². The molecule has 1 unspecified atom stereocenters. The van der Waals surface area contributed by atoms with Crippen LogP contribution in [0.25, 0.3) is 22.2 Å². The largest absolute Gasteiger partial charge is 0.416 e. The van der Waals surface area contributed by atoms with E-state index in [4.69, 9.17) is 5.73 Å². The normalized spacial score (nSPS) is 12.7. The molecule has 182 valence electrons. The number of nitrogens with zero attached hydrogens (tertiary/aromatic N) is 3. The van der Waals surface area contributed by atoms with Gasteiger partial charge in [-0.2, -0.15) is 13.2 Å². The predicted octanol–water partition coefficient (Wildman–Crippen LogP) is 4.50. The van der Waals surface area contributed by atoms with Crippen LogP contribution in [0.3, 0.4) is 0 Å². The minimum Gasteiger partial charge on any atom is -0.383 e. The van der Waals surface area contributed by atoms with Crippen LogP contribution in [0.5, 0.6) is 0 Å². The highest BCUT2D eigenvalue weighted by Crippen LogP contribution is 2.35. The lowest BCUT2D eigenvalue weighted by Gasteiger charge is -2.15. The number of fused-ring (bicyclic) bond motifs is 1. The molecule has 2 aromatic heterocycles. The van der Waals surface area contributed by atoms with Gasteiger partial charge in [0.1, 0.15) is 28.9 Å². The molecular weight excluding hydrogens is 473 g/mol. The minimum atomic E-state index is -4.87. The van der Waals surface area contributed by atoms with Crippen LogP contribution in [-0.4, -0.2) is 25.5 Å². The van der Waals surface area contributed by atoms with Crippen LogP contribution in [0.15, 0.2) is 42.6 Å². The molecule has 0 spiro atoms. The van der Waals surface area contributed by atoms with Crippen molar-refractivity contribution in [3.63, 3.8) is 0 Å². The van der Waals surface area contributed by atoms with E-state index >= 15 is 4.39 Å². The number of carbonyl (C=O) groups is 1. The molecule has 1 atom stereocenters. The number of aliphatic hydroxyl groups excluding tert-OH is 1. The van der Waals surface area contributed by atoms with Crippen molar-refractivity contribution in [1.29, 1.82) is 0 Å². The molecule has 1 amide bonds. The number of amides is 1. The van der Waals surface area contributed by atoms with E-state index < -0.39 is 40.9 Å². The highest BCUT2D eigenvalue weighted by Gasteiger charge is 2.32.